The van der Waals surface area contributed by atoms with Crippen LogP contribution in [0.15, 0.2) is 22.7 Å². The number of amides is 1. The maximum atomic E-state index is 14.4. The second-order valence-corrected chi connectivity index (χ2v) is 7.65. The van der Waals surface area contributed by atoms with Gasteiger partial charge in [0.05, 0.1) is 16.7 Å². The molecular formula is C18H23BrFN3O2. The monoisotopic (exact) mass is 411 g/mol. The van der Waals surface area contributed by atoms with Crippen LogP contribution in [0, 0.1) is 19.7 Å². The Morgan fingerprint density at radius 3 is 2.68 bits per heavy atom. The molecule has 1 aromatic heterocycles. The molecule has 7 heteroatoms. The Kier molecular flexibility index (Phi) is 5.87. The highest BCUT2D eigenvalue weighted by Crippen LogP contribution is 2.32. The summed E-state index contributed by atoms with van der Waals surface area (Å²) in [5, 5.41) is 7.17. The summed E-state index contributed by atoms with van der Waals surface area (Å²) in [5.74, 6) is -0.305. The molecule has 25 heavy (non-hydrogen) atoms. The van der Waals surface area contributed by atoms with E-state index in [9.17, 15) is 9.18 Å². The molecule has 1 N–H and O–H groups in total. The Balaban J connectivity index is 2.12. The van der Waals surface area contributed by atoms with Gasteiger partial charge in [-0.25, -0.2) is 9.18 Å². The lowest BCUT2D eigenvalue weighted by Gasteiger charge is -2.19. The number of hydrogen-bond acceptors (Lipinski definition) is 3. The van der Waals surface area contributed by atoms with Gasteiger partial charge in [-0.15, -0.1) is 0 Å². The van der Waals surface area contributed by atoms with Crippen LogP contribution in [0.5, 0.6) is 0 Å². The zero-order chi connectivity index (χ0) is 18.8. The van der Waals surface area contributed by atoms with Gasteiger partial charge in [0.1, 0.15) is 11.4 Å². The van der Waals surface area contributed by atoms with Gasteiger partial charge in [0.2, 0.25) is 0 Å². The maximum absolute atomic E-state index is 14.4. The van der Waals surface area contributed by atoms with Crippen LogP contribution < -0.4 is 5.32 Å². The fourth-order valence-electron chi connectivity index (χ4n) is 2.58. The van der Waals surface area contributed by atoms with Crippen molar-refractivity contribution in [2.45, 2.75) is 46.8 Å². The fraction of sp³-hybridized carbons (Fsp3) is 0.444. The number of carbonyl (C=O) groups is 1. The molecule has 2 aromatic rings. The van der Waals surface area contributed by atoms with Crippen molar-refractivity contribution in [2.24, 2.45) is 0 Å². The van der Waals surface area contributed by atoms with E-state index in [1.807, 2.05) is 34.6 Å². The lowest BCUT2D eigenvalue weighted by Crippen LogP contribution is -2.34. The summed E-state index contributed by atoms with van der Waals surface area (Å²) in [6.45, 7) is 10.0. The topological polar surface area (TPSA) is 56.2 Å². The second-order valence-electron chi connectivity index (χ2n) is 6.80. The standard InChI is InChI=1S/C18H23BrFN3O2/c1-11-15(13-7-6-8-14(19)16(13)20)12(2)23(22-11)10-9-21-17(24)25-18(3,4)5/h6-8H,9-10H2,1-5H3,(H,21,24). The molecule has 0 aliphatic carbocycles. The summed E-state index contributed by atoms with van der Waals surface area (Å²) >= 11 is 3.22. The Labute approximate surface area is 155 Å². The van der Waals surface area contributed by atoms with E-state index in [4.69, 9.17) is 4.74 Å². The van der Waals surface area contributed by atoms with E-state index in [1.54, 1.807) is 22.9 Å². The number of nitrogens with zero attached hydrogens (tertiary/aromatic N) is 2. The smallest absolute Gasteiger partial charge is 0.407 e. The van der Waals surface area contributed by atoms with Gasteiger partial charge >= 0.3 is 6.09 Å². The summed E-state index contributed by atoms with van der Waals surface area (Å²) < 4.78 is 21.8. The largest absolute Gasteiger partial charge is 0.444 e. The Bertz CT molecular complexity index is 781. The van der Waals surface area contributed by atoms with Crippen molar-refractivity contribution in [2.75, 3.05) is 6.54 Å². The second kappa shape index (κ2) is 7.56. The van der Waals surface area contributed by atoms with Crippen molar-refractivity contribution in [3.8, 4) is 11.1 Å². The van der Waals surface area contributed by atoms with E-state index in [0.29, 0.717) is 23.1 Å². The molecule has 0 unspecified atom stereocenters. The van der Waals surface area contributed by atoms with Crippen LogP contribution in [0.2, 0.25) is 0 Å². The van der Waals surface area contributed by atoms with Gasteiger partial charge in [-0.1, -0.05) is 12.1 Å². The van der Waals surface area contributed by atoms with Crippen LogP contribution in [0.1, 0.15) is 32.2 Å². The number of aromatic nitrogens is 2. The van der Waals surface area contributed by atoms with Crippen molar-refractivity contribution >= 4 is 22.0 Å². The predicted octanol–water partition coefficient (Wildman–Crippen LogP) is 4.59. The van der Waals surface area contributed by atoms with Crippen LogP contribution in [0.4, 0.5) is 9.18 Å². The minimum atomic E-state index is -0.534. The number of carbonyl (C=O) groups excluding carboxylic acids is 1. The number of ether oxygens (including phenoxy) is 1. The molecule has 5 nitrogen and oxygen atoms in total. The van der Waals surface area contributed by atoms with Gasteiger partial charge in [-0.2, -0.15) is 5.10 Å². The average Bonchev–Trinajstić information content (AvgIpc) is 2.75. The molecule has 2 rings (SSSR count). The highest BCUT2D eigenvalue weighted by molar-refractivity contribution is 9.10. The quantitative estimate of drug-likeness (QED) is 0.799. The number of halogens is 2. The number of alkyl carbamates (subject to hydrolysis) is 1. The third-order valence-corrected chi connectivity index (χ3v) is 4.21. The number of nitrogens with one attached hydrogen (secondary N) is 1. The Hall–Kier alpha value is -1.89. The minimum Gasteiger partial charge on any atom is -0.444 e. The number of aryl methyl sites for hydroxylation is 1. The van der Waals surface area contributed by atoms with E-state index < -0.39 is 11.7 Å². The van der Waals surface area contributed by atoms with Gasteiger partial charge in [-0.3, -0.25) is 4.68 Å². The minimum absolute atomic E-state index is 0.305. The molecule has 0 spiro atoms. The summed E-state index contributed by atoms with van der Waals surface area (Å²) in [4.78, 5) is 11.7. The maximum Gasteiger partial charge on any atom is 0.407 e. The molecular weight excluding hydrogens is 389 g/mol. The van der Waals surface area contributed by atoms with E-state index in [1.165, 1.54) is 0 Å². The zero-order valence-corrected chi connectivity index (χ0v) is 16.7. The van der Waals surface area contributed by atoms with Gasteiger partial charge < -0.3 is 10.1 Å². The molecule has 136 valence electrons. The highest BCUT2D eigenvalue weighted by Gasteiger charge is 2.19. The molecule has 0 saturated carbocycles. The van der Waals surface area contributed by atoms with E-state index in [0.717, 1.165) is 17.0 Å². The first kappa shape index (κ1) is 19.4. The van der Waals surface area contributed by atoms with Crippen LogP contribution in [-0.4, -0.2) is 28.0 Å². The Morgan fingerprint density at radius 2 is 2.04 bits per heavy atom. The summed E-state index contributed by atoms with van der Waals surface area (Å²) in [5.41, 5.74) is 2.34. The molecule has 1 heterocycles. The molecule has 0 atom stereocenters. The molecule has 0 aliphatic heterocycles. The van der Waals surface area contributed by atoms with E-state index in [-0.39, 0.29) is 5.82 Å². The highest BCUT2D eigenvalue weighted by atomic mass is 79.9. The fourth-order valence-corrected chi connectivity index (χ4v) is 2.95. The number of rotatable bonds is 4. The van der Waals surface area contributed by atoms with Gasteiger partial charge in [0, 0.05) is 23.4 Å². The van der Waals surface area contributed by atoms with Crippen molar-refractivity contribution in [1.82, 2.24) is 15.1 Å². The van der Waals surface area contributed by atoms with Crippen LogP contribution in [0.25, 0.3) is 11.1 Å². The molecule has 1 aromatic carbocycles. The molecule has 1 amide bonds. The van der Waals surface area contributed by atoms with Crippen molar-refractivity contribution < 1.29 is 13.9 Å². The van der Waals surface area contributed by atoms with Crippen molar-refractivity contribution in [1.29, 1.82) is 0 Å². The van der Waals surface area contributed by atoms with Gasteiger partial charge in [0.25, 0.3) is 0 Å². The predicted molar refractivity (Wildman–Crippen MR) is 99.0 cm³/mol. The third-order valence-electron chi connectivity index (χ3n) is 3.59. The third kappa shape index (κ3) is 4.81. The summed E-state index contributed by atoms with van der Waals surface area (Å²) in [6.07, 6.45) is -0.465. The van der Waals surface area contributed by atoms with Crippen molar-refractivity contribution in [3.63, 3.8) is 0 Å². The van der Waals surface area contributed by atoms with E-state index in [2.05, 4.69) is 26.3 Å². The first-order chi connectivity index (χ1) is 11.6. The lowest BCUT2D eigenvalue weighted by atomic mass is 10.0. The SMILES string of the molecule is Cc1nn(CCNC(=O)OC(C)(C)C)c(C)c1-c1cccc(Br)c1F. The summed E-state index contributed by atoms with van der Waals surface area (Å²) in [6, 6.07) is 5.20. The van der Waals surface area contributed by atoms with Crippen LogP contribution in [0.3, 0.4) is 0 Å². The van der Waals surface area contributed by atoms with Gasteiger partial charge in [-0.05, 0) is 56.6 Å². The first-order valence-corrected chi connectivity index (χ1v) is 8.84. The summed E-state index contributed by atoms with van der Waals surface area (Å²) in [7, 11) is 0. The molecule has 0 radical (unpaired) electrons. The van der Waals surface area contributed by atoms with Crippen molar-refractivity contribution in [3.05, 3.63) is 39.9 Å². The number of benzene rings is 1. The average molecular weight is 412 g/mol. The molecule has 0 aliphatic rings. The molecule has 0 bridgehead atoms. The lowest BCUT2D eigenvalue weighted by molar-refractivity contribution is 0.0525. The van der Waals surface area contributed by atoms with Crippen LogP contribution >= 0.6 is 15.9 Å². The molecule has 0 saturated heterocycles. The first-order valence-electron chi connectivity index (χ1n) is 8.05. The molecule has 0 fully saturated rings. The zero-order valence-electron chi connectivity index (χ0n) is 15.1. The normalized spacial score (nSPS) is 11.5. The van der Waals surface area contributed by atoms with E-state index >= 15 is 0 Å². The van der Waals surface area contributed by atoms with Crippen LogP contribution in [-0.2, 0) is 11.3 Å². The Morgan fingerprint density at radius 1 is 1.36 bits per heavy atom. The van der Waals surface area contributed by atoms with Gasteiger partial charge in [0.15, 0.2) is 0 Å². The number of hydrogen-bond donors (Lipinski definition) is 1.